The van der Waals surface area contributed by atoms with E-state index in [2.05, 4.69) is 12.2 Å². The number of benzene rings is 1. The Labute approximate surface area is 152 Å². The number of nitrogens with zero attached hydrogens (tertiary/aromatic N) is 2. The maximum Gasteiger partial charge on any atom is 0.255 e. The van der Waals surface area contributed by atoms with E-state index in [4.69, 9.17) is 11.6 Å². The maximum absolute atomic E-state index is 13.1. The van der Waals surface area contributed by atoms with Crippen LogP contribution in [0.1, 0.15) is 30.1 Å². The van der Waals surface area contributed by atoms with Crippen LogP contribution in [0.25, 0.3) is 0 Å². The van der Waals surface area contributed by atoms with Crippen molar-refractivity contribution in [2.45, 2.75) is 25.8 Å². The number of piperidine rings is 1. The molecule has 1 aromatic carbocycles. The predicted octanol–water partition coefficient (Wildman–Crippen LogP) is 2.15. The number of rotatable bonds is 2. The molecule has 25 heavy (non-hydrogen) atoms. The molecule has 2 atom stereocenters. The standard InChI is InChI=1S/C18H23ClFN3O2/c1-12-10-13(4-5-21-12)17(24)22-6-8-23(9-7-22)18(25)15-3-2-14(20)11-16(15)19/h2-3,11-13,21H,4-10H2,1H3/t12-,13-/m0/s1. The van der Waals surface area contributed by atoms with Gasteiger partial charge in [-0.05, 0) is 44.5 Å². The Kier molecular flexibility index (Phi) is 5.59. The SMILES string of the molecule is C[C@H]1C[C@@H](C(=O)N2CCN(C(=O)c3ccc(F)cc3Cl)CC2)CCN1. The quantitative estimate of drug-likeness (QED) is 0.871. The molecule has 2 heterocycles. The van der Waals surface area contributed by atoms with Crippen LogP contribution in [0.15, 0.2) is 18.2 Å². The van der Waals surface area contributed by atoms with Crippen LogP contribution < -0.4 is 5.32 Å². The van der Waals surface area contributed by atoms with Gasteiger partial charge in [-0.3, -0.25) is 9.59 Å². The van der Waals surface area contributed by atoms with Crippen molar-refractivity contribution in [2.24, 2.45) is 5.92 Å². The molecule has 0 spiro atoms. The molecule has 1 aromatic rings. The van der Waals surface area contributed by atoms with Gasteiger partial charge in [-0.1, -0.05) is 11.6 Å². The van der Waals surface area contributed by atoms with E-state index in [1.807, 2.05) is 4.90 Å². The third-order valence-electron chi connectivity index (χ3n) is 5.01. The fraction of sp³-hybridized carbons (Fsp3) is 0.556. The van der Waals surface area contributed by atoms with Gasteiger partial charge in [0.05, 0.1) is 10.6 Å². The Balaban J connectivity index is 1.58. The minimum atomic E-state index is -0.465. The molecule has 2 saturated heterocycles. The summed E-state index contributed by atoms with van der Waals surface area (Å²) in [6.45, 7) is 4.97. The summed E-state index contributed by atoms with van der Waals surface area (Å²) in [6.07, 6.45) is 1.73. The highest BCUT2D eigenvalue weighted by Crippen LogP contribution is 2.22. The summed E-state index contributed by atoms with van der Waals surface area (Å²) in [6, 6.07) is 4.16. The van der Waals surface area contributed by atoms with Crippen molar-refractivity contribution < 1.29 is 14.0 Å². The maximum atomic E-state index is 13.1. The Morgan fingerprint density at radius 3 is 2.52 bits per heavy atom. The zero-order chi connectivity index (χ0) is 18.0. The van der Waals surface area contributed by atoms with Crippen LogP contribution in [-0.2, 0) is 4.79 Å². The van der Waals surface area contributed by atoms with E-state index in [1.165, 1.54) is 12.1 Å². The predicted molar refractivity (Wildman–Crippen MR) is 94.1 cm³/mol. The van der Waals surface area contributed by atoms with Gasteiger partial charge in [0.1, 0.15) is 5.82 Å². The van der Waals surface area contributed by atoms with Crippen molar-refractivity contribution in [1.82, 2.24) is 15.1 Å². The smallest absolute Gasteiger partial charge is 0.255 e. The van der Waals surface area contributed by atoms with Gasteiger partial charge < -0.3 is 15.1 Å². The number of hydrogen-bond acceptors (Lipinski definition) is 3. The summed E-state index contributed by atoms with van der Waals surface area (Å²) in [5.74, 6) is -0.411. The molecule has 0 radical (unpaired) electrons. The Morgan fingerprint density at radius 1 is 1.20 bits per heavy atom. The van der Waals surface area contributed by atoms with Gasteiger partial charge in [-0.2, -0.15) is 0 Å². The van der Waals surface area contributed by atoms with Gasteiger partial charge in [-0.25, -0.2) is 4.39 Å². The summed E-state index contributed by atoms with van der Waals surface area (Å²) < 4.78 is 13.1. The molecule has 7 heteroatoms. The van der Waals surface area contributed by atoms with Crippen LogP contribution in [0.4, 0.5) is 4.39 Å². The number of amides is 2. The van der Waals surface area contributed by atoms with Crippen molar-refractivity contribution in [3.05, 3.63) is 34.6 Å². The van der Waals surface area contributed by atoms with Gasteiger partial charge >= 0.3 is 0 Å². The van der Waals surface area contributed by atoms with Crippen LogP contribution in [0.3, 0.4) is 0 Å². The first-order valence-corrected chi connectivity index (χ1v) is 9.10. The summed E-state index contributed by atoms with van der Waals surface area (Å²) in [5, 5.41) is 3.47. The lowest BCUT2D eigenvalue weighted by atomic mass is 9.92. The minimum absolute atomic E-state index is 0.0741. The zero-order valence-corrected chi connectivity index (χ0v) is 15.1. The van der Waals surface area contributed by atoms with Crippen LogP contribution in [0.5, 0.6) is 0 Å². The molecule has 0 aromatic heterocycles. The van der Waals surface area contributed by atoms with E-state index in [9.17, 15) is 14.0 Å². The zero-order valence-electron chi connectivity index (χ0n) is 14.3. The van der Waals surface area contributed by atoms with Crippen LogP contribution >= 0.6 is 11.6 Å². The van der Waals surface area contributed by atoms with Gasteiger partial charge in [0.15, 0.2) is 0 Å². The molecule has 2 aliphatic heterocycles. The third kappa shape index (κ3) is 4.12. The highest BCUT2D eigenvalue weighted by molar-refractivity contribution is 6.33. The van der Waals surface area contributed by atoms with E-state index in [0.29, 0.717) is 37.8 Å². The fourth-order valence-electron chi connectivity index (χ4n) is 3.58. The highest BCUT2D eigenvalue weighted by atomic mass is 35.5. The lowest BCUT2D eigenvalue weighted by molar-refractivity contribution is -0.138. The van der Waals surface area contributed by atoms with Gasteiger partial charge in [0.2, 0.25) is 5.91 Å². The van der Waals surface area contributed by atoms with Gasteiger partial charge in [0, 0.05) is 38.1 Å². The fourth-order valence-corrected chi connectivity index (χ4v) is 3.83. The number of nitrogens with one attached hydrogen (secondary N) is 1. The first-order valence-electron chi connectivity index (χ1n) is 8.72. The van der Waals surface area contributed by atoms with E-state index < -0.39 is 5.82 Å². The van der Waals surface area contributed by atoms with Crippen LogP contribution in [-0.4, -0.2) is 60.4 Å². The van der Waals surface area contributed by atoms with E-state index in [-0.39, 0.29) is 22.8 Å². The molecule has 2 aliphatic rings. The van der Waals surface area contributed by atoms with Crippen molar-refractivity contribution >= 4 is 23.4 Å². The molecule has 3 rings (SSSR count). The summed E-state index contributed by atoms with van der Waals surface area (Å²) in [5.41, 5.74) is 0.301. The number of halogens is 2. The topological polar surface area (TPSA) is 52.7 Å². The van der Waals surface area contributed by atoms with E-state index >= 15 is 0 Å². The lowest BCUT2D eigenvalue weighted by Gasteiger charge is -2.38. The molecule has 1 N–H and O–H groups in total. The molecule has 2 fully saturated rings. The number of carbonyl (C=O) groups is 2. The van der Waals surface area contributed by atoms with Crippen molar-refractivity contribution in [3.8, 4) is 0 Å². The monoisotopic (exact) mass is 367 g/mol. The minimum Gasteiger partial charge on any atom is -0.339 e. The summed E-state index contributed by atoms with van der Waals surface area (Å²) in [4.78, 5) is 28.8. The summed E-state index contributed by atoms with van der Waals surface area (Å²) >= 11 is 5.98. The second kappa shape index (κ2) is 7.70. The number of hydrogen-bond donors (Lipinski definition) is 1. The lowest BCUT2D eigenvalue weighted by Crippen LogP contribution is -2.53. The van der Waals surface area contributed by atoms with Crippen molar-refractivity contribution in [3.63, 3.8) is 0 Å². The second-order valence-electron chi connectivity index (χ2n) is 6.82. The molecule has 0 unspecified atom stereocenters. The number of carbonyl (C=O) groups excluding carboxylic acids is 2. The van der Waals surface area contributed by atoms with E-state index in [1.54, 1.807) is 4.90 Å². The first-order chi connectivity index (χ1) is 12.0. The largest absolute Gasteiger partial charge is 0.339 e. The molecular weight excluding hydrogens is 345 g/mol. The molecule has 0 aliphatic carbocycles. The second-order valence-corrected chi connectivity index (χ2v) is 7.23. The molecule has 136 valence electrons. The van der Waals surface area contributed by atoms with Gasteiger partial charge in [0.25, 0.3) is 5.91 Å². The van der Waals surface area contributed by atoms with Crippen molar-refractivity contribution in [2.75, 3.05) is 32.7 Å². The van der Waals surface area contributed by atoms with Crippen molar-refractivity contribution in [1.29, 1.82) is 0 Å². The molecule has 0 bridgehead atoms. The average molecular weight is 368 g/mol. The van der Waals surface area contributed by atoms with E-state index in [0.717, 1.165) is 25.5 Å². The molecular formula is C18H23ClFN3O2. The Morgan fingerprint density at radius 2 is 1.88 bits per heavy atom. The van der Waals surface area contributed by atoms with Gasteiger partial charge in [-0.15, -0.1) is 0 Å². The Hall–Kier alpha value is -1.66. The van der Waals surface area contributed by atoms with Crippen LogP contribution in [0, 0.1) is 11.7 Å². The highest BCUT2D eigenvalue weighted by Gasteiger charge is 2.31. The van der Waals surface area contributed by atoms with Crippen LogP contribution in [0.2, 0.25) is 5.02 Å². The number of piperazine rings is 1. The third-order valence-corrected chi connectivity index (χ3v) is 5.33. The normalized spacial score (nSPS) is 24.3. The molecule has 2 amide bonds. The Bertz CT molecular complexity index is 662. The summed E-state index contributed by atoms with van der Waals surface area (Å²) in [7, 11) is 0. The molecule has 5 nitrogen and oxygen atoms in total. The molecule has 0 saturated carbocycles. The average Bonchev–Trinajstić information content (AvgIpc) is 2.61. The first kappa shape index (κ1) is 18.1.